The van der Waals surface area contributed by atoms with Crippen molar-refractivity contribution in [2.45, 2.75) is 39.2 Å². The maximum absolute atomic E-state index is 14.1. The van der Waals surface area contributed by atoms with Crippen molar-refractivity contribution in [2.24, 2.45) is 0 Å². The number of benzene rings is 2. The first-order chi connectivity index (χ1) is 11.2. The van der Waals surface area contributed by atoms with Crippen LogP contribution in [0, 0.1) is 23.3 Å². The fourth-order valence-corrected chi connectivity index (χ4v) is 2.36. The Hall–Kier alpha value is -1.88. The van der Waals surface area contributed by atoms with Crippen molar-refractivity contribution in [3.63, 3.8) is 0 Å². The molecule has 0 saturated carbocycles. The molecule has 0 unspecified atom stereocenters. The van der Waals surface area contributed by atoms with E-state index in [4.69, 9.17) is 0 Å². The molecule has 5 heteroatoms. The van der Waals surface area contributed by atoms with Crippen molar-refractivity contribution in [3.8, 4) is 0 Å². The second kappa shape index (κ2) is 7.34. The van der Waals surface area contributed by atoms with Crippen LogP contribution in [0.1, 0.15) is 37.5 Å². The molecule has 0 aliphatic rings. The Kier molecular flexibility index (Phi) is 5.65. The molecule has 24 heavy (non-hydrogen) atoms. The van der Waals surface area contributed by atoms with Gasteiger partial charge >= 0.3 is 0 Å². The second-order valence-electron chi connectivity index (χ2n) is 6.82. The van der Waals surface area contributed by atoms with Gasteiger partial charge in [0.2, 0.25) is 0 Å². The summed E-state index contributed by atoms with van der Waals surface area (Å²) in [4.78, 5) is 0. The number of nitrogens with one attached hydrogen (secondary N) is 1. The predicted molar refractivity (Wildman–Crippen MR) is 86.8 cm³/mol. The summed E-state index contributed by atoms with van der Waals surface area (Å²) in [5.41, 5.74) is 1.38. The van der Waals surface area contributed by atoms with Gasteiger partial charge < -0.3 is 5.32 Å². The summed E-state index contributed by atoms with van der Waals surface area (Å²) < 4.78 is 53.6. The molecule has 0 aliphatic heterocycles. The van der Waals surface area contributed by atoms with Crippen LogP contribution in [-0.4, -0.2) is 6.54 Å². The van der Waals surface area contributed by atoms with E-state index in [1.165, 1.54) is 12.1 Å². The largest absolute Gasteiger partial charge is 0.312 e. The van der Waals surface area contributed by atoms with Crippen molar-refractivity contribution >= 4 is 0 Å². The average molecular weight is 339 g/mol. The summed E-state index contributed by atoms with van der Waals surface area (Å²) in [5, 5.41) is 2.99. The SMILES string of the molecule is CC(C)(C)c1ccc(CNCCc2ccc(F)c(F)c2F)c(F)c1. The standard InChI is InChI=1S/C19H21F4N/c1-19(2,3)14-6-4-13(16(21)10-14)11-24-9-8-12-5-7-15(20)18(23)17(12)22/h4-7,10,24H,8-9,11H2,1-3H3. The highest BCUT2D eigenvalue weighted by molar-refractivity contribution is 5.29. The van der Waals surface area contributed by atoms with Crippen LogP contribution in [0.15, 0.2) is 30.3 Å². The Labute approximate surface area is 139 Å². The van der Waals surface area contributed by atoms with E-state index < -0.39 is 17.5 Å². The van der Waals surface area contributed by atoms with Crippen LogP contribution < -0.4 is 5.32 Å². The monoisotopic (exact) mass is 339 g/mol. The molecule has 0 atom stereocenters. The minimum absolute atomic E-state index is 0.0879. The average Bonchev–Trinajstić information content (AvgIpc) is 2.51. The third-order valence-corrected chi connectivity index (χ3v) is 3.92. The highest BCUT2D eigenvalue weighted by atomic mass is 19.2. The first kappa shape index (κ1) is 18.5. The van der Waals surface area contributed by atoms with Gasteiger partial charge in [0.1, 0.15) is 5.82 Å². The van der Waals surface area contributed by atoms with Gasteiger partial charge in [0.05, 0.1) is 0 Å². The molecule has 0 bridgehead atoms. The molecule has 0 aromatic heterocycles. The third kappa shape index (κ3) is 4.35. The summed E-state index contributed by atoms with van der Waals surface area (Å²) in [5.74, 6) is -4.13. The van der Waals surface area contributed by atoms with Gasteiger partial charge in [0, 0.05) is 12.1 Å². The summed E-state index contributed by atoms with van der Waals surface area (Å²) in [6, 6.07) is 7.25. The molecular formula is C19H21F4N. The van der Waals surface area contributed by atoms with Crippen molar-refractivity contribution in [1.29, 1.82) is 0 Å². The minimum atomic E-state index is -1.46. The van der Waals surface area contributed by atoms with Crippen LogP contribution in [0.2, 0.25) is 0 Å². The van der Waals surface area contributed by atoms with E-state index >= 15 is 0 Å². The molecule has 2 rings (SSSR count). The lowest BCUT2D eigenvalue weighted by molar-refractivity contribution is 0.440. The maximum Gasteiger partial charge on any atom is 0.194 e. The van der Waals surface area contributed by atoms with Crippen LogP contribution in [-0.2, 0) is 18.4 Å². The highest BCUT2D eigenvalue weighted by Crippen LogP contribution is 2.24. The summed E-state index contributed by atoms with van der Waals surface area (Å²) in [6.07, 6.45) is 0.185. The quantitative estimate of drug-likeness (QED) is 0.465. The van der Waals surface area contributed by atoms with Crippen LogP contribution in [0.5, 0.6) is 0 Å². The van der Waals surface area contributed by atoms with Crippen molar-refractivity contribution in [2.75, 3.05) is 6.54 Å². The Morgan fingerprint density at radius 3 is 2.12 bits per heavy atom. The minimum Gasteiger partial charge on any atom is -0.312 e. The molecule has 2 aromatic carbocycles. The molecule has 0 heterocycles. The lowest BCUT2D eigenvalue weighted by Crippen LogP contribution is -2.19. The van der Waals surface area contributed by atoms with E-state index in [1.54, 1.807) is 6.07 Å². The van der Waals surface area contributed by atoms with E-state index in [-0.39, 0.29) is 29.8 Å². The van der Waals surface area contributed by atoms with E-state index in [0.29, 0.717) is 12.1 Å². The van der Waals surface area contributed by atoms with Crippen molar-refractivity contribution in [1.82, 2.24) is 5.32 Å². The number of rotatable bonds is 5. The molecule has 0 fully saturated rings. The molecule has 130 valence electrons. The number of halogens is 4. The van der Waals surface area contributed by atoms with Gasteiger partial charge in [0.25, 0.3) is 0 Å². The van der Waals surface area contributed by atoms with Crippen molar-refractivity contribution in [3.05, 3.63) is 70.3 Å². The smallest absolute Gasteiger partial charge is 0.194 e. The van der Waals surface area contributed by atoms with Gasteiger partial charge in [-0.05, 0) is 41.6 Å². The van der Waals surface area contributed by atoms with E-state index in [9.17, 15) is 17.6 Å². The van der Waals surface area contributed by atoms with Crippen LogP contribution in [0.3, 0.4) is 0 Å². The summed E-state index contributed by atoms with van der Waals surface area (Å²) in [7, 11) is 0. The van der Waals surface area contributed by atoms with E-state index in [1.807, 2.05) is 26.8 Å². The lowest BCUT2D eigenvalue weighted by Gasteiger charge is -2.19. The Morgan fingerprint density at radius 1 is 0.833 bits per heavy atom. The molecule has 1 N–H and O–H groups in total. The van der Waals surface area contributed by atoms with Gasteiger partial charge in [-0.2, -0.15) is 0 Å². The van der Waals surface area contributed by atoms with Gasteiger partial charge in [-0.1, -0.05) is 39.0 Å². The van der Waals surface area contributed by atoms with Crippen LogP contribution in [0.25, 0.3) is 0 Å². The van der Waals surface area contributed by atoms with Crippen LogP contribution in [0.4, 0.5) is 17.6 Å². The predicted octanol–water partition coefficient (Wildman–Crippen LogP) is 4.87. The first-order valence-corrected chi connectivity index (χ1v) is 7.82. The topological polar surface area (TPSA) is 12.0 Å². The second-order valence-corrected chi connectivity index (χ2v) is 6.82. The zero-order valence-electron chi connectivity index (χ0n) is 14.0. The summed E-state index contributed by atoms with van der Waals surface area (Å²) in [6.45, 7) is 6.63. The molecule has 0 amide bonds. The zero-order chi connectivity index (χ0) is 17.9. The molecule has 1 nitrogen and oxygen atoms in total. The molecule has 0 spiro atoms. The summed E-state index contributed by atoms with van der Waals surface area (Å²) >= 11 is 0. The van der Waals surface area contributed by atoms with E-state index in [2.05, 4.69) is 5.32 Å². The molecule has 0 radical (unpaired) electrons. The molecule has 0 saturated heterocycles. The zero-order valence-corrected chi connectivity index (χ0v) is 14.0. The van der Waals surface area contributed by atoms with Gasteiger partial charge in [-0.3, -0.25) is 0 Å². The molecule has 2 aromatic rings. The third-order valence-electron chi connectivity index (χ3n) is 3.92. The first-order valence-electron chi connectivity index (χ1n) is 7.82. The number of hydrogen-bond donors (Lipinski definition) is 1. The van der Waals surface area contributed by atoms with Gasteiger partial charge in [0.15, 0.2) is 17.5 Å². The van der Waals surface area contributed by atoms with Crippen molar-refractivity contribution < 1.29 is 17.6 Å². The van der Waals surface area contributed by atoms with Gasteiger partial charge in [-0.25, -0.2) is 17.6 Å². The Morgan fingerprint density at radius 2 is 1.50 bits per heavy atom. The fraction of sp³-hybridized carbons (Fsp3) is 0.368. The van der Waals surface area contributed by atoms with E-state index in [0.717, 1.165) is 11.6 Å². The highest BCUT2D eigenvalue weighted by Gasteiger charge is 2.16. The Bertz CT molecular complexity index is 720. The normalized spacial score (nSPS) is 11.8. The van der Waals surface area contributed by atoms with Gasteiger partial charge in [-0.15, -0.1) is 0 Å². The molecule has 0 aliphatic carbocycles. The Balaban J connectivity index is 1.92. The van der Waals surface area contributed by atoms with Crippen LogP contribution >= 0.6 is 0 Å². The number of hydrogen-bond acceptors (Lipinski definition) is 1. The fourth-order valence-electron chi connectivity index (χ4n) is 2.36. The maximum atomic E-state index is 14.1. The lowest BCUT2D eigenvalue weighted by atomic mass is 9.86. The molecular weight excluding hydrogens is 318 g/mol.